The van der Waals surface area contributed by atoms with Crippen molar-refractivity contribution in [1.29, 1.82) is 10.5 Å². The highest BCUT2D eigenvalue weighted by Gasteiger charge is 2.09. The van der Waals surface area contributed by atoms with Crippen LogP contribution in [0.1, 0.15) is 163 Å². The van der Waals surface area contributed by atoms with E-state index in [1.165, 1.54) is 116 Å². The Kier molecular flexibility index (Phi) is 20.2. The highest BCUT2D eigenvalue weighted by atomic mass is 32.1. The topological polar surface area (TPSA) is 66.0 Å². The average Bonchev–Trinajstić information content (AvgIpc) is 3.72. The summed E-state index contributed by atoms with van der Waals surface area (Å²) >= 11 is 1.57. The van der Waals surface area contributed by atoms with Crippen LogP contribution in [-0.2, 0) is 0 Å². The summed E-state index contributed by atoms with van der Waals surface area (Å²) < 4.78 is 12.2. The first kappa shape index (κ1) is 45.2. The van der Waals surface area contributed by atoms with Crippen LogP contribution in [0.3, 0.4) is 0 Å². The Hall–Kier alpha value is -4.84. The molecule has 5 aromatic rings. The predicted octanol–water partition coefficient (Wildman–Crippen LogP) is 16.8. The van der Waals surface area contributed by atoms with Gasteiger partial charge in [0.1, 0.15) is 11.5 Å². The molecule has 0 radical (unpaired) electrons. The van der Waals surface area contributed by atoms with Crippen molar-refractivity contribution in [3.05, 3.63) is 106 Å². The van der Waals surface area contributed by atoms with Crippen LogP contribution >= 0.6 is 11.3 Å². The van der Waals surface area contributed by atoms with Gasteiger partial charge < -0.3 is 9.47 Å². The summed E-state index contributed by atoms with van der Waals surface area (Å²) in [7, 11) is 0. The number of ether oxygens (including phenoxy) is 2. The van der Waals surface area contributed by atoms with Crippen LogP contribution in [0.2, 0.25) is 0 Å². The minimum Gasteiger partial charge on any atom is -0.494 e. The second-order valence-electron chi connectivity index (χ2n) is 16.1. The molecule has 0 aliphatic carbocycles. The number of allylic oxidation sites excluding steroid dienone is 2. The molecule has 0 saturated carbocycles. The minimum absolute atomic E-state index is 0.604. The van der Waals surface area contributed by atoms with Crippen molar-refractivity contribution in [1.82, 2.24) is 0 Å². The number of nitrogens with zero attached hydrogens (tertiary/aromatic N) is 2. The first-order chi connectivity index (χ1) is 29.1. The van der Waals surface area contributed by atoms with Gasteiger partial charge in [0.25, 0.3) is 0 Å². The Bertz CT molecular complexity index is 2010. The summed E-state index contributed by atoms with van der Waals surface area (Å²) in [6.45, 7) is 6.03. The Morgan fingerprint density at radius 1 is 0.441 bits per heavy atom. The summed E-state index contributed by atoms with van der Waals surface area (Å²) in [6, 6.07) is 33.6. The molecule has 0 spiro atoms. The summed E-state index contributed by atoms with van der Waals surface area (Å²) in [6.07, 6.45) is 30.1. The standard InChI is InChI=1S/C54H66N2O2S/c1-3-5-7-9-11-13-15-17-19-21-33-57-51-29-27-43-35-45(23-25-47(43)37-51)49(41-55)39-53-31-32-54(59-53)40-50(42-56)46-24-26-48-38-52(30-28-44(48)36-46)58-34-22-20-18-16-14-12-10-8-6-4-2/h23-32,35-40H,3-22,33-34H2,1-2H3/b49-39+,50-40+. The number of thiophene rings is 1. The molecule has 0 N–H and O–H groups in total. The van der Waals surface area contributed by atoms with E-state index in [1.54, 1.807) is 11.3 Å². The van der Waals surface area contributed by atoms with Gasteiger partial charge in [-0.2, -0.15) is 10.5 Å². The lowest BCUT2D eigenvalue weighted by atomic mass is 10.0. The molecule has 0 bridgehead atoms. The largest absolute Gasteiger partial charge is 0.494 e. The van der Waals surface area contributed by atoms with E-state index in [-0.39, 0.29) is 0 Å². The SMILES string of the molecule is CCCCCCCCCCCCOc1ccc2cc(/C(C#N)=C/c3ccc(/C=C(\C#N)c4ccc5cc(OCCCCCCCCCCCC)ccc5c4)s3)ccc2c1. The fraction of sp³-hybridized carbons (Fsp3) is 0.444. The molecule has 0 unspecified atom stereocenters. The molecule has 0 aliphatic rings. The van der Waals surface area contributed by atoms with E-state index in [0.717, 1.165) is 80.0 Å². The number of unbranched alkanes of at least 4 members (excludes halogenated alkanes) is 18. The highest BCUT2D eigenvalue weighted by Crippen LogP contribution is 2.31. The molecule has 1 aromatic heterocycles. The van der Waals surface area contributed by atoms with Crippen LogP contribution in [-0.4, -0.2) is 13.2 Å². The zero-order valence-corrected chi connectivity index (χ0v) is 36.7. The number of hydrogen-bond donors (Lipinski definition) is 0. The average molecular weight is 807 g/mol. The third kappa shape index (κ3) is 15.7. The zero-order chi connectivity index (χ0) is 41.3. The second kappa shape index (κ2) is 26.3. The van der Waals surface area contributed by atoms with Gasteiger partial charge in [0.15, 0.2) is 0 Å². The molecule has 4 nitrogen and oxygen atoms in total. The van der Waals surface area contributed by atoms with Crippen LogP contribution in [0.25, 0.3) is 44.8 Å². The molecule has 0 atom stereocenters. The summed E-state index contributed by atoms with van der Waals surface area (Å²) in [4.78, 5) is 1.93. The minimum atomic E-state index is 0.604. The van der Waals surface area contributed by atoms with Crippen molar-refractivity contribution >= 4 is 56.2 Å². The van der Waals surface area contributed by atoms with Crippen molar-refractivity contribution in [2.24, 2.45) is 0 Å². The summed E-state index contributed by atoms with van der Waals surface area (Å²) in [5.74, 6) is 1.79. The van der Waals surface area contributed by atoms with E-state index in [0.29, 0.717) is 11.1 Å². The van der Waals surface area contributed by atoms with Gasteiger partial charge in [0, 0.05) is 9.75 Å². The highest BCUT2D eigenvalue weighted by molar-refractivity contribution is 7.13. The molecule has 310 valence electrons. The number of fused-ring (bicyclic) bond motifs is 2. The van der Waals surface area contributed by atoms with E-state index >= 15 is 0 Å². The van der Waals surface area contributed by atoms with Crippen molar-refractivity contribution in [3.63, 3.8) is 0 Å². The van der Waals surface area contributed by atoms with Gasteiger partial charge >= 0.3 is 0 Å². The first-order valence-corrected chi connectivity index (χ1v) is 23.6. The normalized spacial score (nSPS) is 11.9. The lowest BCUT2D eigenvalue weighted by Crippen LogP contribution is -1.97. The molecule has 0 aliphatic heterocycles. The number of nitriles is 2. The number of benzene rings is 4. The molecular weight excluding hydrogens is 741 g/mol. The van der Waals surface area contributed by atoms with Gasteiger partial charge in [0.2, 0.25) is 0 Å². The lowest BCUT2D eigenvalue weighted by molar-refractivity contribution is 0.304. The van der Waals surface area contributed by atoms with Crippen LogP contribution < -0.4 is 9.47 Å². The van der Waals surface area contributed by atoms with Crippen LogP contribution in [0.4, 0.5) is 0 Å². The number of hydrogen-bond acceptors (Lipinski definition) is 5. The second-order valence-corrected chi connectivity index (χ2v) is 17.2. The molecule has 5 rings (SSSR count). The molecule has 4 aromatic carbocycles. The van der Waals surface area contributed by atoms with E-state index in [2.05, 4.69) is 74.5 Å². The smallest absolute Gasteiger partial charge is 0.119 e. The van der Waals surface area contributed by atoms with Crippen LogP contribution in [0.5, 0.6) is 11.5 Å². The quantitative estimate of drug-likeness (QED) is 0.0373. The van der Waals surface area contributed by atoms with Crippen molar-refractivity contribution in [2.45, 2.75) is 142 Å². The maximum atomic E-state index is 10.2. The van der Waals surface area contributed by atoms with Gasteiger partial charge in [-0.15, -0.1) is 11.3 Å². The zero-order valence-electron chi connectivity index (χ0n) is 35.9. The Labute approximate surface area is 359 Å². The van der Waals surface area contributed by atoms with E-state index in [4.69, 9.17) is 9.47 Å². The summed E-state index contributed by atoms with van der Waals surface area (Å²) in [5.41, 5.74) is 2.97. The Balaban J connectivity index is 1.10. The third-order valence-electron chi connectivity index (χ3n) is 11.2. The van der Waals surface area contributed by atoms with Crippen molar-refractivity contribution < 1.29 is 9.47 Å². The van der Waals surface area contributed by atoms with E-state index < -0.39 is 0 Å². The lowest BCUT2D eigenvalue weighted by Gasteiger charge is -2.09. The van der Waals surface area contributed by atoms with E-state index in [1.807, 2.05) is 48.6 Å². The van der Waals surface area contributed by atoms with Crippen molar-refractivity contribution in [2.75, 3.05) is 13.2 Å². The maximum Gasteiger partial charge on any atom is 0.119 e. The first-order valence-electron chi connectivity index (χ1n) is 22.8. The Morgan fingerprint density at radius 3 is 1.15 bits per heavy atom. The molecular formula is C54H66N2O2S. The van der Waals surface area contributed by atoms with Gasteiger partial charge in [0.05, 0.1) is 36.5 Å². The molecule has 5 heteroatoms. The van der Waals surface area contributed by atoms with Gasteiger partial charge in [-0.1, -0.05) is 166 Å². The Morgan fingerprint density at radius 2 is 0.780 bits per heavy atom. The molecule has 1 heterocycles. The third-order valence-corrected chi connectivity index (χ3v) is 12.2. The molecule has 59 heavy (non-hydrogen) atoms. The van der Waals surface area contributed by atoms with E-state index in [9.17, 15) is 10.5 Å². The molecule has 0 fully saturated rings. The number of rotatable bonds is 28. The van der Waals surface area contributed by atoms with Crippen molar-refractivity contribution in [3.8, 4) is 23.6 Å². The predicted molar refractivity (Wildman–Crippen MR) is 254 cm³/mol. The van der Waals surface area contributed by atoms with Gasteiger partial charge in [-0.25, -0.2) is 0 Å². The maximum absolute atomic E-state index is 10.2. The van der Waals surface area contributed by atoms with Gasteiger partial charge in [-0.3, -0.25) is 0 Å². The fourth-order valence-corrected chi connectivity index (χ4v) is 8.59. The van der Waals surface area contributed by atoms with Gasteiger partial charge in [-0.05, 0) is 106 Å². The monoisotopic (exact) mass is 806 g/mol. The van der Waals surface area contributed by atoms with Crippen LogP contribution in [0.15, 0.2) is 84.9 Å². The molecule has 0 amide bonds. The van der Waals surface area contributed by atoms with Crippen LogP contribution in [0, 0.1) is 22.7 Å². The fourth-order valence-electron chi connectivity index (χ4n) is 7.69. The molecule has 0 saturated heterocycles. The summed E-state index contributed by atoms with van der Waals surface area (Å²) in [5, 5.41) is 24.7.